The van der Waals surface area contributed by atoms with E-state index in [0.717, 1.165) is 27.6 Å². The molecule has 0 aliphatic rings. The molecule has 7 nitrogen and oxygen atoms in total. The van der Waals surface area contributed by atoms with E-state index < -0.39 is 34.3 Å². The predicted molar refractivity (Wildman–Crippen MR) is 151 cm³/mol. The van der Waals surface area contributed by atoms with E-state index in [1.807, 2.05) is 51.1 Å². The summed E-state index contributed by atoms with van der Waals surface area (Å²) in [6.07, 6.45) is 0.482. The fourth-order valence-electron chi connectivity index (χ4n) is 4.00. The van der Waals surface area contributed by atoms with Gasteiger partial charge in [0.05, 0.1) is 10.6 Å². The number of nitrogens with zero attached hydrogens (tertiary/aromatic N) is 2. The van der Waals surface area contributed by atoms with Crippen LogP contribution in [0.25, 0.3) is 0 Å². The summed E-state index contributed by atoms with van der Waals surface area (Å²) in [5.41, 5.74) is 2.00. The Morgan fingerprint density at radius 1 is 0.897 bits per heavy atom. The highest BCUT2D eigenvalue weighted by molar-refractivity contribution is 7.92. The van der Waals surface area contributed by atoms with Crippen LogP contribution in [0.15, 0.2) is 83.8 Å². The summed E-state index contributed by atoms with van der Waals surface area (Å²) in [7, 11) is -4.18. The first-order chi connectivity index (χ1) is 18.5. The highest BCUT2D eigenvalue weighted by atomic mass is 32.2. The van der Waals surface area contributed by atoms with Crippen LogP contribution in [0.1, 0.15) is 31.9 Å². The lowest BCUT2D eigenvalue weighted by molar-refractivity contribution is -0.138. The van der Waals surface area contributed by atoms with Gasteiger partial charge < -0.3 is 10.2 Å². The minimum Gasteiger partial charge on any atom is -0.354 e. The number of hydrogen-bond donors (Lipinski definition) is 1. The van der Waals surface area contributed by atoms with Gasteiger partial charge in [-0.3, -0.25) is 13.9 Å². The second kappa shape index (κ2) is 13.4. The van der Waals surface area contributed by atoms with Crippen LogP contribution in [0.4, 0.5) is 10.1 Å². The molecule has 0 radical (unpaired) electrons. The van der Waals surface area contributed by atoms with Crippen molar-refractivity contribution in [3.63, 3.8) is 0 Å². The number of sulfonamides is 1. The zero-order chi connectivity index (χ0) is 28.6. The van der Waals surface area contributed by atoms with Crippen LogP contribution >= 0.6 is 0 Å². The second-order valence-corrected chi connectivity index (χ2v) is 11.8. The molecule has 0 saturated carbocycles. The summed E-state index contributed by atoms with van der Waals surface area (Å²) in [5.74, 6) is -1.17. The minimum absolute atomic E-state index is 0.00351. The van der Waals surface area contributed by atoms with Crippen molar-refractivity contribution in [3.05, 3.63) is 95.8 Å². The molecule has 0 heterocycles. The van der Waals surface area contributed by atoms with E-state index in [-0.39, 0.29) is 29.0 Å². The number of amides is 2. The van der Waals surface area contributed by atoms with Gasteiger partial charge in [0.1, 0.15) is 18.4 Å². The SMILES string of the molecule is Cc1ccc(S(=O)(=O)N(CC(=O)N(CCc2ccccc2)C(C)C(=O)NCC(C)C)c2ccc(F)cc2)cc1. The normalized spacial score (nSPS) is 12.2. The van der Waals surface area contributed by atoms with Gasteiger partial charge in [0.25, 0.3) is 10.0 Å². The lowest BCUT2D eigenvalue weighted by atomic mass is 10.1. The van der Waals surface area contributed by atoms with Crippen LogP contribution in [-0.4, -0.2) is 50.8 Å². The van der Waals surface area contributed by atoms with Crippen LogP contribution in [-0.2, 0) is 26.0 Å². The first-order valence-corrected chi connectivity index (χ1v) is 14.4. The fraction of sp³-hybridized carbons (Fsp3) is 0.333. The number of aryl methyl sites for hydroxylation is 1. The summed E-state index contributed by atoms with van der Waals surface area (Å²) < 4.78 is 42.1. The monoisotopic (exact) mass is 553 g/mol. The fourth-order valence-corrected chi connectivity index (χ4v) is 5.41. The molecule has 1 N–H and O–H groups in total. The van der Waals surface area contributed by atoms with Crippen molar-refractivity contribution >= 4 is 27.5 Å². The molecule has 0 saturated heterocycles. The maximum atomic E-state index is 13.8. The molecular formula is C30H36FN3O4S. The average Bonchev–Trinajstić information content (AvgIpc) is 2.91. The number of hydrogen-bond acceptors (Lipinski definition) is 4. The molecule has 0 aromatic heterocycles. The Morgan fingerprint density at radius 3 is 2.10 bits per heavy atom. The quantitative estimate of drug-likeness (QED) is 0.356. The number of anilines is 1. The largest absolute Gasteiger partial charge is 0.354 e. The van der Waals surface area contributed by atoms with E-state index in [0.29, 0.717) is 13.0 Å². The summed E-state index contributed by atoms with van der Waals surface area (Å²) in [6, 6.07) is 19.9. The molecule has 3 aromatic carbocycles. The van der Waals surface area contributed by atoms with Crippen molar-refractivity contribution in [2.75, 3.05) is 23.9 Å². The summed E-state index contributed by atoms with van der Waals surface area (Å²) in [6.45, 7) is 7.52. The third-order valence-electron chi connectivity index (χ3n) is 6.34. The van der Waals surface area contributed by atoms with E-state index in [1.165, 1.54) is 29.2 Å². The molecule has 1 atom stereocenters. The van der Waals surface area contributed by atoms with Crippen molar-refractivity contribution < 1.29 is 22.4 Å². The molecule has 208 valence electrons. The zero-order valence-electron chi connectivity index (χ0n) is 22.8. The van der Waals surface area contributed by atoms with E-state index in [9.17, 15) is 22.4 Å². The number of nitrogens with one attached hydrogen (secondary N) is 1. The molecule has 3 rings (SSSR count). The highest BCUT2D eigenvalue weighted by Gasteiger charge is 2.32. The van der Waals surface area contributed by atoms with Crippen molar-refractivity contribution in [2.24, 2.45) is 5.92 Å². The third kappa shape index (κ3) is 8.13. The van der Waals surface area contributed by atoms with Crippen LogP contribution < -0.4 is 9.62 Å². The molecule has 3 aromatic rings. The smallest absolute Gasteiger partial charge is 0.264 e. The van der Waals surface area contributed by atoms with Gasteiger partial charge in [-0.25, -0.2) is 12.8 Å². The maximum absolute atomic E-state index is 13.8. The molecule has 0 bridgehead atoms. The van der Waals surface area contributed by atoms with Crippen molar-refractivity contribution in [3.8, 4) is 0 Å². The summed E-state index contributed by atoms with van der Waals surface area (Å²) in [5, 5.41) is 2.86. The summed E-state index contributed by atoms with van der Waals surface area (Å²) >= 11 is 0. The lowest BCUT2D eigenvalue weighted by Crippen LogP contribution is -2.52. The summed E-state index contributed by atoms with van der Waals surface area (Å²) in [4.78, 5) is 28.2. The van der Waals surface area contributed by atoms with Crippen LogP contribution in [0.2, 0.25) is 0 Å². The number of benzene rings is 3. The molecule has 0 aliphatic carbocycles. The van der Waals surface area contributed by atoms with Gasteiger partial charge >= 0.3 is 0 Å². The average molecular weight is 554 g/mol. The number of carbonyl (C=O) groups excluding carboxylic acids is 2. The molecule has 39 heavy (non-hydrogen) atoms. The molecule has 0 fully saturated rings. The molecule has 9 heteroatoms. The zero-order valence-corrected chi connectivity index (χ0v) is 23.6. The standard InChI is InChI=1S/C30H36FN3O4S/c1-22(2)20-32-30(36)24(4)33(19-18-25-8-6-5-7-9-25)29(35)21-34(27-14-12-26(31)13-15-27)39(37,38)28-16-10-23(3)11-17-28/h5-17,22,24H,18-21H2,1-4H3,(H,32,36). The van der Waals surface area contributed by atoms with Gasteiger partial charge in [-0.1, -0.05) is 61.9 Å². The van der Waals surface area contributed by atoms with Crippen molar-refractivity contribution in [1.82, 2.24) is 10.2 Å². The van der Waals surface area contributed by atoms with Gasteiger partial charge in [-0.05, 0) is 68.1 Å². The number of halogens is 1. The first kappa shape index (κ1) is 29.8. The Labute approximate surface area is 230 Å². The van der Waals surface area contributed by atoms with Gasteiger partial charge in [-0.15, -0.1) is 0 Å². The van der Waals surface area contributed by atoms with Crippen molar-refractivity contribution in [2.45, 2.75) is 45.1 Å². The van der Waals surface area contributed by atoms with Crippen LogP contribution in [0.5, 0.6) is 0 Å². The van der Waals surface area contributed by atoms with Gasteiger partial charge in [0, 0.05) is 13.1 Å². The van der Waals surface area contributed by atoms with Gasteiger partial charge in [0.15, 0.2) is 0 Å². The van der Waals surface area contributed by atoms with Gasteiger partial charge in [0.2, 0.25) is 11.8 Å². The van der Waals surface area contributed by atoms with E-state index in [2.05, 4.69) is 5.32 Å². The lowest BCUT2D eigenvalue weighted by Gasteiger charge is -2.32. The van der Waals surface area contributed by atoms with E-state index in [4.69, 9.17) is 0 Å². The molecule has 0 aliphatic heterocycles. The maximum Gasteiger partial charge on any atom is 0.264 e. The third-order valence-corrected chi connectivity index (χ3v) is 8.13. The molecular weight excluding hydrogens is 517 g/mol. The second-order valence-electron chi connectivity index (χ2n) is 9.94. The topological polar surface area (TPSA) is 86.8 Å². The van der Waals surface area contributed by atoms with Gasteiger partial charge in [-0.2, -0.15) is 0 Å². The Kier molecular flexibility index (Phi) is 10.2. The Balaban J connectivity index is 1.95. The Morgan fingerprint density at radius 2 is 1.51 bits per heavy atom. The Hall–Kier alpha value is -3.72. The number of rotatable bonds is 12. The predicted octanol–water partition coefficient (Wildman–Crippen LogP) is 4.56. The molecule has 2 amide bonds. The first-order valence-electron chi connectivity index (χ1n) is 12.9. The van der Waals surface area contributed by atoms with Crippen LogP contribution in [0, 0.1) is 18.7 Å². The number of carbonyl (C=O) groups is 2. The highest BCUT2D eigenvalue weighted by Crippen LogP contribution is 2.25. The van der Waals surface area contributed by atoms with Crippen LogP contribution in [0.3, 0.4) is 0 Å². The van der Waals surface area contributed by atoms with E-state index >= 15 is 0 Å². The molecule has 1 unspecified atom stereocenters. The van der Waals surface area contributed by atoms with E-state index in [1.54, 1.807) is 19.1 Å². The van der Waals surface area contributed by atoms with Crippen molar-refractivity contribution in [1.29, 1.82) is 0 Å². The Bertz CT molecular complexity index is 1350. The minimum atomic E-state index is -4.18. The molecule has 0 spiro atoms.